The average molecular weight is 304 g/mol. The van der Waals surface area contributed by atoms with E-state index in [2.05, 4.69) is 36.7 Å². The van der Waals surface area contributed by atoms with Crippen molar-refractivity contribution >= 4 is 33.0 Å². The van der Waals surface area contributed by atoms with Crippen LogP contribution in [0.15, 0.2) is 15.9 Å². The summed E-state index contributed by atoms with van der Waals surface area (Å²) in [4.78, 5) is 12.7. The zero-order valence-corrected chi connectivity index (χ0v) is 12.3. The molecule has 1 aromatic heterocycles. The molecule has 1 unspecified atom stereocenters. The molecule has 16 heavy (non-hydrogen) atoms. The van der Waals surface area contributed by atoms with Crippen molar-refractivity contribution in [3.63, 3.8) is 0 Å². The zero-order chi connectivity index (χ0) is 12.3. The molecule has 1 aromatic rings. The van der Waals surface area contributed by atoms with Crippen LogP contribution in [-0.2, 0) is 0 Å². The van der Waals surface area contributed by atoms with Gasteiger partial charge >= 0.3 is 0 Å². The number of carbonyl (C=O) groups excluding carboxylic acids is 1. The van der Waals surface area contributed by atoms with Gasteiger partial charge in [-0.3, -0.25) is 4.79 Å². The first-order valence-corrected chi connectivity index (χ1v) is 6.98. The molecule has 1 heterocycles. The van der Waals surface area contributed by atoms with Gasteiger partial charge in [-0.25, -0.2) is 0 Å². The number of ketones is 1. The van der Waals surface area contributed by atoms with E-state index in [1.807, 2.05) is 11.4 Å². The second-order valence-electron chi connectivity index (χ2n) is 5.25. The van der Waals surface area contributed by atoms with Crippen LogP contribution in [0.25, 0.3) is 0 Å². The molecule has 2 nitrogen and oxygen atoms in total. The van der Waals surface area contributed by atoms with Gasteiger partial charge in [-0.2, -0.15) is 0 Å². The minimum Gasteiger partial charge on any atom is -0.327 e. The quantitative estimate of drug-likeness (QED) is 0.859. The number of hydrogen-bond donors (Lipinski definition) is 1. The fourth-order valence-corrected chi connectivity index (χ4v) is 3.23. The highest BCUT2D eigenvalue weighted by atomic mass is 79.9. The van der Waals surface area contributed by atoms with Crippen molar-refractivity contribution in [1.82, 2.24) is 0 Å². The second kappa shape index (κ2) is 5.43. The second-order valence-corrected chi connectivity index (χ2v) is 7.02. The Balaban J connectivity index is 2.56. The van der Waals surface area contributed by atoms with Gasteiger partial charge in [0.25, 0.3) is 0 Å². The molecule has 0 spiro atoms. The first kappa shape index (κ1) is 13.9. The minimum atomic E-state index is -0.0542. The summed E-state index contributed by atoms with van der Waals surface area (Å²) in [5, 5.41) is 1.91. The molecular formula is C12H18BrNOS. The van der Waals surface area contributed by atoms with Gasteiger partial charge < -0.3 is 5.73 Å². The van der Waals surface area contributed by atoms with Crippen LogP contribution in [0.3, 0.4) is 0 Å². The standard InChI is InChI=1S/C12H18BrNOS/c1-12(2,3)7-8(14)6-10(15)11-9(13)4-5-16-11/h4-5,8H,6-7,14H2,1-3H3. The topological polar surface area (TPSA) is 43.1 Å². The first-order valence-electron chi connectivity index (χ1n) is 5.31. The van der Waals surface area contributed by atoms with Crippen molar-refractivity contribution in [1.29, 1.82) is 0 Å². The molecule has 0 aliphatic carbocycles. The largest absolute Gasteiger partial charge is 0.327 e. The lowest BCUT2D eigenvalue weighted by molar-refractivity contribution is 0.0971. The predicted octanol–water partition coefficient (Wildman–Crippen LogP) is 3.85. The van der Waals surface area contributed by atoms with E-state index in [-0.39, 0.29) is 17.2 Å². The summed E-state index contributed by atoms with van der Waals surface area (Å²) in [6.45, 7) is 6.41. The van der Waals surface area contributed by atoms with Gasteiger partial charge in [0.15, 0.2) is 5.78 Å². The van der Waals surface area contributed by atoms with Gasteiger partial charge in [-0.1, -0.05) is 20.8 Å². The molecule has 0 aromatic carbocycles. The third-order valence-corrected chi connectivity index (χ3v) is 4.07. The summed E-state index contributed by atoms with van der Waals surface area (Å²) in [6.07, 6.45) is 1.29. The van der Waals surface area contributed by atoms with E-state index in [1.165, 1.54) is 11.3 Å². The lowest BCUT2D eigenvalue weighted by Gasteiger charge is -2.22. The van der Waals surface area contributed by atoms with Gasteiger partial charge in [0, 0.05) is 16.9 Å². The lowest BCUT2D eigenvalue weighted by atomic mass is 9.87. The summed E-state index contributed by atoms with van der Waals surface area (Å²) < 4.78 is 0.880. The number of halogens is 1. The van der Waals surface area contributed by atoms with Crippen LogP contribution in [0.1, 0.15) is 43.3 Å². The molecule has 2 N–H and O–H groups in total. The molecule has 0 saturated carbocycles. The maximum absolute atomic E-state index is 11.9. The number of nitrogens with two attached hydrogens (primary N) is 1. The molecule has 0 aliphatic rings. The van der Waals surface area contributed by atoms with Crippen LogP contribution in [-0.4, -0.2) is 11.8 Å². The van der Waals surface area contributed by atoms with Gasteiger partial charge in [0.2, 0.25) is 0 Å². The van der Waals surface area contributed by atoms with E-state index < -0.39 is 0 Å². The predicted molar refractivity (Wildman–Crippen MR) is 73.0 cm³/mol. The molecule has 90 valence electrons. The van der Waals surface area contributed by atoms with Gasteiger partial charge in [-0.05, 0) is 39.2 Å². The SMILES string of the molecule is CC(C)(C)CC(N)CC(=O)c1sccc1Br. The van der Waals surface area contributed by atoms with Crippen molar-refractivity contribution in [3.8, 4) is 0 Å². The van der Waals surface area contributed by atoms with E-state index >= 15 is 0 Å². The average Bonchev–Trinajstić information content (AvgIpc) is 2.47. The molecule has 0 fully saturated rings. The Bertz CT molecular complexity index is 367. The summed E-state index contributed by atoms with van der Waals surface area (Å²) >= 11 is 4.83. The Kier molecular flexibility index (Phi) is 4.71. The monoisotopic (exact) mass is 303 g/mol. The summed E-state index contributed by atoms with van der Waals surface area (Å²) in [5.41, 5.74) is 6.16. The van der Waals surface area contributed by atoms with E-state index in [4.69, 9.17) is 5.73 Å². The van der Waals surface area contributed by atoms with Crippen molar-refractivity contribution < 1.29 is 4.79 Å². The van der Waals surface area contributed by atoms with Gasteiger partial charge in [0.1, 0.15) is 0 Å². The summed E-state index contributed by atoms with van der Waals surface area (Å²) in [5.74, 6) is 0.138. The van der Waals surface area contributed by atoms with Crippen LogP contribution in [0, 0.1) is 5.41 Å². The summed E-state index contributed by atoms with van der Waals surface area (Å²) in [7, 11) is 0. The lowest BCUT2D eigenvalue weighted by Crippen LogP contribution is -2.28. The van der Waals surface area contributed by atoms with Crippen LogP contribution < -0.4 is 5.73 Å². The van der Waals surface area contributed by atoms with Crippen molar-refractivity contribution in [2.75, 3.05) is 0 Å². The van der Waals surface area contributed by atoms with Crippen molar-refractivity contribution in [2.24, 2.45) is 11.1 Å². The van der Waals surface area contributed by atoms with Crippen molar-refractivity contribution in [3.05, 3.63) is 20.8 Å². The van der Waals surface area contributed by atoms with E-state index in [0.29, 0.717) is 6.42 Å². The van der Waals surface area contributed by atoms with Crippen LogP contribution in [0.5, 0.6) is 0 Å². The summed E-state index contributed by atoms with van der Waals surface area (Å²) in [6, 6.07) is 1.84. The maximum atomic E-state index is 11.9. The van der Waals surface area contributed by atoms with E-state index in [9.17, 15) is 4.79 Å². The number of rotatable bonds is 4. The maximum Gasteiger partial charge on any atom is 0.175 e. The smallest absolute Gasteiger partial charge is 0.175 e. The Morgan fingerprint density at radius 2 is 2.19 bits per heavy atom. The molecule has 0 amide bonds. The fraction of sp³-hybridized carbons (Fsp3) is 0.583. The Morgan fingerprint density at radius 3 is 2.62 bits per heavy atom. The highest BCUT2D eigenvalue weighted by Crippen LogP contribution is 2.26. The number of thiophene rings is 1. The fourth-order valence-electron chi connectivity index (χ4n) is 1.68. The Hall–Kier alpha value is -0.190. The van der Waals surface area contributed by atoms with E-state index in [1.54, 1.807) is 0 Å². The molecular weight excluding hydrogens is 286 g/mol. The highest BCUT2D eigenvalue weighted by Gasteiger charge is 2.20. The molecule has 1 atom stereocenters. The third-order valence-electron chi connectivity index (χ3n) is 2.19. The van der Waals surface area contributed by atoms with Crippen LogP contribution in [0.2, 0.25) is 0 Å². The Labute approximate surface area is 109 Å². The van der Waals surface area contributed by atoms with Crippen molar-refractivity contribution in [2.45, 2.75) is 39.7 Å². The molecule has 0 radical (unpaired) electrons. The third kappa shape index (κ3) is 4.36. The van der Waals surface area contributed by atoms with Crippen LogP contribution >= 0.6 is 27.3 Å². The molecule has 0 bridgehead atoms. The molecule has 0 saturated heterocycles. The number of hydrogen-bond acceptors (Lipinski definition) is 3. The highest BCUT2D eigenvalue weighted by molar-refractivity contribution is 9.10. The number of carbonyl (C=O) groups is 1. The van der Waals surface area contributed by atoms with Gasteiger partial charge in [0.05, 0.1) is 4.88 Å². The normalized spacial score (nSPS) is 13.8. The molecule has 0 aliphatic heterocycles. The first-order chi connectivity index (χ1) is 7.29. The number of Topliss-reactive ketones (excluding diaryl/α,β-unsaturated/α-hetero) is 1. The van der Waals surface area contributed by atoms with Crippen LogP contribution in [0.4, 0.5) is 0 Å². The molecule has 1 rings (SSSR count). The molecule has 4 heteroatoms. The van der Waals surface area contributed by atoms with Gasteiger partial charge in [-0.15, -0.1) is 11.3 Å². The minimum absolute atomic E-state index is 0.0542. The van der Waals surface area contributed by atoms with E-state index in [0.717, 1.165) is 15.8 Å². The Morgan fingerprint density at radius 1 is 1.56 bits per heavy atom. The zero-order valence-electron chi connectivity index (χ0n) is 9.92.